The molecule has 0 radical (unpaired) electrons. The van der Waals surface area contributed by atoms with Crippen LogP contribution in [0.4, 0.5) is 0 Å². The molecule has 0 amide bonds. The minimum atomic E-state index is -0.969. The fourth-order valence-corrected chi connectivity index (χ4v) is 3.76. The molecule has 0 spiro atoms. The van der Waals surface area contributed by atoms with Gasteiger partial charge in [0.2, 0.25) is 0 Å². The van der Waals surface area contributed by atoms with Crippen molar-refractivity contribution in [2.75, 3.05) is 26.4 Å². The number of allylic oxidation sites excluding steroid dienone is 1. The van der Waals surface area contributed by atoms with Crippen LogP contribution in [0.1, 0.15) is 98.8 Å². The molecule has 0 aromatic carbocycles. The second-order valence-corrected chi connectivity index (χ2v) is 10.3. The number of carbonyl (C=O) groups excluding carboxylic acids is 1. The topological polar surface area (TPSA) is 96.2 Å². The van der Waals surface area contributed by atoms with Crippen molar-refractivity contribution in [2.24, 2.45) is 17.8 Å². The first-order valence-corrected chi connectivity index (χ1v) is 13.0. The van der Waals surface area contributed by atoms with Gasteiger partial charge in [0.25, 0.3) is 0 Å². The molecule has 0 aromatic rings. The molecule has 0 heterocycles. The molecule has 0 aliphatic rings. The average molecular weight is 473 g/mol. The van der Waals surface area contributed by atoms with Crippen molar-refractivity contribution >= 4 is 5.97 Å². The number of ether oxygens (including phenoxy) is 2. The second-order valence-electron chi connectivity index (χ2n) is 10.3. The van der Waals surface area contributed by atoms with Crippen LogP contribution >= 0.6 is 0 Å². The maximum Gasteiger partial charge on any atom is 0.309 e. The quantitative estimate of drug-likeness (QED) is 0.160. The molecule has 33 heavy (non-hydrogen) atoms. The van der Waals surface area contributed by atoms with Gasteiger partial charge in [0.05, 0.1) is 26.2 Å². The van der Waals surface area contributed by atoms with Crippen molar-refractivity contribution in [3.63, 3.8) is 0 Å². The summed E-state index contributed by atoms with van der Waals surface area (Å²) < 4.78 is 10.1. The zero-order valence-corrected chi connectivity index (χ0v) is 21.9. The van der Waals surface area contributed by atoms with Gasteiger partial charge < -0.3 is 24.8 Å². The van der Waals surface area contributed by atoms with Crippen molar-refractivity contribution in [3.05, 3.63) is 11.6 Å². The van der Waals surface area contributed by atoms with E-state index in [0.717, 1.165) is 30.6 Å². The smallest absolute Gasteiger partial charge is 0.309 e. The number of hydrogen-bond donors (Lipinski definition) is 3. The molecule has 4 unspecified atom stereocenters. The number of esters is 1. The molecular weight excluding hydrogens is 420 g/mol. The first-order valence-electron chi connectivity index (χ1n) is 13.0. The fraction of sp³-hybridized carbons (Fsp3) is 0.889. The van der Waals surface area contributed by atoms with Gasteiger partial charge in [-0.1, -0.05) is 84.3 Å². The Bertz CT molecular complexity index is 505. The normalized spacial score (nSPS) is 16.0. The van der Waals surface area contributed by atoms with E-state index in [1.165, 1.54) is 50.5 Å². The van der Waals surface area contributed by atoms with Gasteiger partial charge in [0.1, 0.15) is 18.8 Å². The van der Waals surface area contributed by atoms with Crippen LogP contribution in [0, 0.1) is 17.8 Å². The summed E-state index contributed by atoms with van der Waals surface area (Å²) in [5.41, 5.74) is 1.19. The SMILES string of the molecule is CC(=CCC(=O)OCC(O)COCC(O)CO)CCCC(C)CCCC(C)CCCC(C)C. The maximum absolute atomic E-state index is 11.8. The minimum Gasteiger partial charge on any atom is -0.463 e. The van der Waals surface area contributed by atoms with E-state index in [1.54, 1.807) is 0 Å². The van der Waals surface area contributed by atoms with Gasteiger partial charge in [-0.3, -0.25) is 4.79 Å². The first-order chi connectivity index (χ1) is 15.6. The Balaban J connectivity index is 3.81. The molecule has 6 heteroatoms. The number of carbonyl (C=O) groups is 1. The second kappa shape index (κ2) is 20.4. The van der Waals surface area contributed by atoms with Crippen LogP contribution in [0.25, 0.3) is 0 Å². The van der Waals surface area contributed by atoms with Crippen LogP contribution in [0.5, 0.6) is 0 Å². The van der Waals surface area contributed by atoms with Gasteiger partial charge in [-0.2, -0.15) is 0 Å². The molecule has 0 saturated carbocycles. The Morgan fingerprint density at radius 3 is 1.94 bits per heavy atom. The highest BCUT2D eigenvalue weighted by atomic mass is 16.5. The Hall–Kier alpha value is -0.950. The summed E-state index contributed by atoms with van der Waals surface area (Å²) >= 11 is 0. The van der Waals surface area contributed by atoms with Crippen molar-refractivity contribution in [1.29, 1.82) is 0 Å². The van der Waals surface area contributed by atoms with Crippen LogP contribution in [0.15, 0.2) is 11.6 Å². The van der Waals surface area contributed by atoms with Crippen molar-refractivity contribution in [2.45, 2.75) is 111 Å². The van der Waals surface area contributed by atoms with Crippen LogP contribution in [0.2, 0.25) is 0 Å². The Kier molecular flexibility index (Phi) is 19.8. The molecule has 0 rings (SSSR count). The highest BCUT2D eigenvalue weighted by Gasteiger charge is 2.11. The van der Waals surface area contributed by atoms with Crippen molar-refractivity contribution < 1.29 is 29.6 Å². The van der Waals surface area contributed by atoms with E-state index in [9.17, 15) is 9.90 Å². The molecule has 0 aromatic heterocycles. The minimum absolute atomic E-state index is 0.0611. The molecule has 0 aliphatic carbocycles. The summed E-state index contributed by atoms with van der Waals surface area (Å²) in [4.78, 5) is 11.8. The largest absolute Gasteiger partial charge is 0.463 e. The Morgan fingerprint density at radius 1 is 0.818 bits per heavy atom. The summed E-state index contributed by atoms with van der Waals surface area (Å²) in [5.74, 6) is 2.03. The zero-order valence-electron chi connectivity index (χ0n) is 21.9. The van der Waals surface area contributed by atoms with Gasteiger partial charge in [-0.05, 0) is 37.5 Å². The van der Waals surface area contributed by atoms with E-state index in [4.69, 9.17) is 19.7 Å². The van der Waals surface area contributed by atoms with Gasteiger partial charge in [-0.15, -0.1) is 0 Å². The van der Waals surface area contributed by atoms with E-state index >= 15 is 0 Å². The van der Waals surface area contributed by atoms with E-state index in [0.29, 0.717) is 0 Å². The Morgan fingerprint density at radius 2 is 1.36 bits per heavy atom. The summed E-state index contributed by atoms with van der Waals surface area (Å²) in [5, 5.41) is 27.6. The molecule has 0 aliphatic heterocycles. The predicted molar refractivity (Wildman–Crippen MR) is 134 cm³/mol. The highest BCUT2D eigenvalue weighted by Crippen LogP contribution is 2.22. The standard InChI is InChI=1S/C27H52O6/c1-21(2)9-6-10-22(3)11-7-12-23(4)13-8-14-24(5)15-16-27(31)33-20-26(30)19-32-18-25(29)17-28/h15,21-23,25-26,28-30H,6-14,16-20H2,1-5H3. The third-order valence-corrected chi connectivity index (χ3v) is 6.03. The fourth-order valence-electron chi connectivity index (χ4n) is 3.76. The predicted octanol–water partition coefficient (Wildman–Crippen LogP) is 5.04. The van der Waals surface area contributed by atoms with E-state index in [1.807, 2.05) is 13.0 Å². The van der Waals surface area contributed by atoms with Gasteiger partial charge in [-0.25, -0.2) is 0 Å². The third kappa shape index (κ3) is 21.3. The van der Waals surface area contributed by atoms with E-state index < -0.39 is 18.8 Å². The monoisotopic (exact) mass is 472 g/mol. The van der Waals surface area contributed by atoms with Crippen LogP contribution in [0.3, 0.4) is 0 Å². The molecular formula is C27H52O6. The summed E-state index contributed by atoms with van der Waals surface area (Å²) in [6.07, 6.45) is 11.6. The van der Waals surface area contributed by atoms with E-state index in [-0.39, 0.29) is 32.2 Å². The summed E-state index contributed by atoms with van der Waals surface area (Å²) in [6, 6.07) is 0. The molecule has 0 fully saturated rings. The van der Waals surface area contributed by atoms with Crippen LogP contribution in [-0.2, 0) is 14.3 Å². The Labute approximate surface area is 202 Å². The van der Waals surface area contributed by atoms with Crippen LogP contribution in [-0.4, -0.2) is 59.9 Å². The molecule has 196 valence electrons. The summed E-state index contributed by atoms with van der Waals surface area (Å²) in [6.45, 7) is 10.7. The van der Waals surface area contributed by atoms with Crippen molar-refractivity contribution in [1.82, 2.24) is 0 Å². The zero-order chi connectivity index (χ0) is 25.1. The molecule has 4 atom stereocenters. The number of rotatable bonds is 21. The number of aliphatic hydroxyl groups is 3. The lowest BCUT2D eigenvalue weighted by Gasteiger charge is -2.15. The number of aliphatic hydroxyl groups excluding tert-OH is 3. The maximum atomic E-state index is 11.8. The lowest BCUT2D eigenvalue weighted by Crippen LogP contribution is -2.27. The molecule has 6 nitrogen and oxygen atoms in total. The number of hydrogen-bond acceptors (Lipinski definition) is 6. The lowest BCUT2D eigenvalue weighted by molar-refractivity contribution is -0.147. The third-order valence-electron chi connectivity index (χ3n) is 6.03. The first kappa shape index (κ1) is 32.0. The van der Waals surface area contributed by atoms with Gasteiger partial charge in [0.15, 0.2) is 0 Å². The van der Waals surface area contributed by atoms with Crippen LogP contribution < -0.4 is 0 Å². The van der Waals surface area contributed by atoms with Gasteiger partial charge in [0, 0.05) is 0 Å². The average Bonchev–Trinajstić information content (AvgIpc) is 2.75. The molecule has 0 saturated heterocycles. The van der Waals surface area contributed by atoms with Crippen molar-refractivity contribution in [3.8, 4) is 0 Å². The lowest BCUT2D eigenvalue weighted by atomic mass is 9.91. The highest BCUT2D eigenvalue weighted by molar-refractivity contribution is 5.71. The van der Waals surface area contributed by atoms with Gasteiger partial charge >= 0.3 is 5.97 Å². The van der Waals surface area contributed by atoms with E-state index in [2.05, 4.69) is 27.7 Å². The summed E-state index contributed by atoms with van der Waals surface area (Å²) in [7, 11) is 0. The molecule has 3 N–H and O–H groups in total. The molecule has 0 bridgehead atoms.